The first kappa shape index (κ1) is 12.2. The Morgan fingerprint density at radius 1 is 1.18 bits per heavy atom. The van der Waals surface area contributed by atoms with Crippen LogP contribution in [-0.2, 0) is 5.41 Å². The Morgan fingerprint density at radius 2 is 1.82 bits per heavy atom. The quantitative estimate of drug-likeness (QED) is 0.630. The van der Waals surface area contributed by atoms with Crippen molar-refractivity contribution < 1.29 is 0 Å². The van der Waals surface area contributed by atoms with E-state index in [-0.39, 0.29) is 0 Å². The molecule has 94 valence electrons. The molecule has 1 aromatic rings. The SMILES string of the molecule is CC(C)(C)c1ccc(C(Br)C2CC3CC3C2)s1. The summed E-state index contributed by atoms with van der Waals surface area (Å²) in [5, 5.41) is 0. The molecule has 0 N–H and O–H groups in total. The maximum absolute atomic E-state index is 3.95. The van der Waals surface area contributed by atoms with E-state index >= 15 is 0 Å². The van der Waals surface area contributed by atoms with Gasteiger partial charge in [0.2, 0.25) is 0 Å². The van der Waals surface area contributed by atoms with Crippen molar-refractivity contribution in [3.8, 4) is 0 Å². The third-order valence-electron chi connectivity index (χ3n) is 4.33. The van der Waals surface area contributed by atoms with Crippen molar-refractivity contribution in [3.05, 3.63) is 21.9 Å². The Bertz CT molecular complexity index is 405. The number of thiophene rings is 1. The van der Waals surface area contributed by atoms with Gasteiger partial charge in [0.1, 0.15) is 0 Å². The Kier molecular flexibility index (Phi) is 2.94. The predicted octanol–water partition coefficient (Wildman–Crippen LogP) is 5.53. The van der Waals surface area contributed by atoms with Gasteiger partial charge in [0.15, 0.2) is 0 Å². The second-order valence-electron chi connectivity index (χ2n) is 6.84. The second kappa shape index (κ2) is 4.09. The molecular formula is C15H21BrS. The van der Waals surface area contributed by atoms with Gasteiger partial charge in [-0.15, -0.1) is 11.3 Å². The molecule has 0 amide bonds. The number of fused-ring (bicyclic) bond motifs is 1. The van der Waals surface area contributed by atoms with E-state index in [1.807, 2.05) is 11.3 Å². The fraction of sp³-hybridized carbons (Fsp3) is 0.733. The van der Waals surface area contributed by atoms with Gasteiger partial charge in [0.25, 0.3) is 0 Å². The summed E-state index contributed by atoms with van der Waals surface area (Å²) in [5.41, 5.74) is 0.299. The zero-order valence-corrected chi connectivity index (χ0v) is 13.3. The smallest absolute Gasteiger partial charge is 0.0517 e. The van der Waals surface area contributed by atoms with E-state index in [2.05, 4.69) is 48.8 Å². The highest BCUT2D eigenvalue weighted by Crippen LogP contribution is 2.59. The number of hydrogen-bond donors (Lipinski definition) is 0. The Hall–Kier alpha value is 0.180. The van der Waals surface area contributed by atoms with Crippen molar-refractivity contribution >= 4 is 27.3 Å². The predicted molar refractivity (Wildman–Crippen MR) is 79.0 cm³/mol. The Labute approximate surface area is 117 Å². The van der Waals surface area contributed by atoms with Gasteiger partial charge in [-0.05, 0) is 54.6 Å². The Morgan fingerprint density at radius 3 is 2.35 bits per heavy atom. The molecule has 17 heavy (non-hydrogen) atoms. The van der Waals surface area contributed by atoms with Gasteiger partial charge in [0, 0.05) is 9.75 Å². The highest BCUT2D eigenvalue weighted by Gasteiger charge is 2.47. The molecule has 0 spiro atoms. The monoisotopic (exact) mass is 312 g/mol. The molecule has 2 heteroatoms. The molecule has 0 bridgehead atoms. The average Bonchev–Trinajstić information content (AvgIpc) is 2.71. The minimum atomic E-state index is 0.299. The number of rotatable bonds is 2. The molecule has 2 saturated carbocycles. The number of hydrogen-bond acceptors (Lipinski definition) is 1. The molecule has 1 aromatic heterocycles. The van der Waals surface area contributed by atoms with Gasteiger partial charge in [-0.1, -0.05) is 36.7 Å². The van der Waals surface area contributed by atoms with Gasteiger partial charge < -0.3 is 0 Å². The molecule has 2 aliphatic rings. The van der Waals surface area contributed by atoms with Crippen molar-refractivity contribution in [3.63, 3.8) is 0 Å². The van der Waals surface area contributed by atoms with Crippen LogP contribution >= 0.6 is 27.3 Å². The lowest BCUT2D eigenvalue weighted by molar-refractivity contribution is 0.485. The van der Waals surface area contributed by atoms with Crippen LogP contribution in [0.2, 0.25) is 0 Å². The van der Waals surface area contributed by atoms with Crippen molar-refractivity contribution in [1.82, 2.24) is 0 Å². The minimum absolute atomic E-state index is 0.299. The molecule has 3 atom stereocenters. The van der Waals surface area contributed by atoms with Crippen molar-refractivity contribution in [1.29, 1.82) is 0 Å². The van der Waals surface area contributed by atoms with Crippen molar-refractivity contribution in [2.75, 3.05) is 0 Å². The fourth-order valence-electron chi connectivity index (χ4n) is 3.14. The molecule has 1 heterocycles. The average molecular weight is 313 g/mol. The molecule has 0 aromatic carbocycles. The lowest BCUT2D eigenvalue weighted by atomic mass is 9.94. The van der Waals surface area contributed by atoms with Crippen LogP contribution in [0.25, 0.3) is 0 Å². The van der Waals surface area contributed by atoms with Crippen molar-refractivity contribution in [2.45, 2.75) is 50.3 Å². The topological polar surface area (TPSA) is 0 Å². The molecule has 3 unspecified atom stereocenters. The van der Waals surface area contributed by atoms with E-state index in [0.717, 1.165) is 17.8 Å². The van der Waals surface area contributed by atoms with Crippen LogP contribution in [0.3, 0.4) is 0 Å². The van der Waals surface area contributed by atoms with Crippen LogP contribution in [0.15, 0.2) is 12.1 Å². The summed E-state index contributed by atoms with van der Waals surface area (Å²) >= 11 is 5.96. The van der Waals surface area contributed by atoms with Crippen LogP contribution in [0.1, 0.15) is 54.6 Å². The lowest BCUT2D eigenvalue weighted by Crippen LogP contribution is -2.08. The van der Waals surface area contributed by atoms with E-state index in [1.165, 1.54) is 24.1 Å². The summed E-state index contributed by atoms with van der Waals surface area (Å²) in [7, 11) is 0. The van der Waals surface area contributed by atoms with Gasteiger partial charge >= 0.3 is 0 Å². The summed E-state index contributed by atoms with van der Waals surface area (Å²) in [6, 6.07) is 4.67. The number of alkyl halides is 1. The van der Waals surface area contributed by atoms with Gasteiger partial charge in [0.05, 0.1) is 4.83 Å². The van der Waals surface area contributed by atoms with Crippen LogP contribution < -0.4 is 0 Å². The van der Waals surface area contributed by atoms with Gasteiger partial charge in [-0.3, -0.25) is 0 Å². The number of halogens is 1. The zero-order valence-electron chi connectivity index (χ0n) is 10.9. The maximum Gasteiger partial charge on any atom is 0.0517 e. The zero-order chi connectivity index (χ0) is 12.2. The summed E-state index contributed by atoms with van der Waals surface area (Å²) in [5.74, 6) is 3.06. The maximum atomic E-state index is 3.95. The summed E-state index contributed by atoms with van der Waals surface area (Å²) in [6.07, 6.45) is 4.45. The first-order chi connectivity index (χ1) is 7.95. The molecule has 2 fully saturated rings. The van der Waals surface area contributed by atoms with E-state index in [0.29, 0.717) is 10.2 Å². The third-order valence-corrected chi connectivity index (χ3v) is 7.47. The molecule has 0 saturated heterocycles. The van der Waals surface area contributed by atoms with Crippen molar-refractivity contribution in [2.24, 2.45) is 17.8 Å². The summed E-state index contributed by atoms with van der Waals surface area (Å²) in [4.78, 5) is 3.66. The van der Waals surface area contributed by atoms with E-state index in [4.69, 9.17) is 0 Å². The van der Waals surface area contributed by atoms with Crippen LogP contribution in [-0.4, -0.2) is 0 Å². The summed E-state index contributed by atoms with van der Waals surface area (Å²) in [6.45, 7) is 6.91. The largest absolute Gasteiger partial charge is 0.144 e. The summed E-state index contributed by atoms with van der Waals surface area (Å²) < 4.78 is 0. The fourth-order valence-corrected chi connectivity index (χ4v) is 5.14. The first-order valence-electron chi connectivity index (χ1n) is 6.69. The Balaban J connectivity index is 1.73. The normalized spacial score (nSPS) is 33.5. The van der Waals surface area contributed by atoms with Crippen LogP contribution in [0.5, 0.6) is 0 Å². The molecule has 0 aliphatic heterocycles. The van der Waals surface area contributed by atoms with Gasteiger partial charge in [-0.25, -0.2) is 0 Å². The van der Waals surface area contributed by atoms with E-state index in [9.17, 15) is 0 Å². The lowest BCUT2D eigenvalue weighted by Gasteiger charge is -2.18. The molecular weight excluding hydrogens is 292 g/mol. The molecule has 0 radical (unpaired) electrons. The van der Waals surface area contributed by atoms with E-state index in [1.54, 1.807) is 4.88 Å². The first-order valence-corrected chi connectivity index (χ1v) is 8.42. The van der Waals surface area contributed by atoms with Crippen LogP contribution in [0, 0.1) is 17.8 Å². The van der Waals surface area contributed by atoms with Gasteiger partial charge in [-0.2, -0.15) is 0 Å². The molecule has 3 rings (SSSR count). The molecule has 2 aliphatic carbocycles. The third kappa shape index (κ3) is 2.35. The van der Waals surface area contributed by atoms with Crippen LogP contribution in [0.4, 0.5) is 0 Å². The standard InChI is InChI=1S/C15H21BrS/c1-15(2,3)13-5-4-12(17-13)14(16)11-7-9-6-10(9)8-11/h4-5,9-11,14H,6-8H2,1-3H3. The minimum Gasteiger partial charge on any atom is -0.144 e. The highest BCUT2D eigenvalue weighted by molar-refractivity contribution is 9.09. The van der Waals surface area contributed by atoms with E-state index < -0.39 is 0 Å². The second-order valence-corrected chi connectivity index (χ2v) is 8.94. The highest BCUT2D eigenvalue weighted by atomic mass is 79.9. The molecule has 0 nitrogen and oxygen atoms in total.